The average Bonchev–Trinajstić information content (AvgIpc) is 2.10. The molecule has 0 spiro atoms. The Hall–Kier alpha value is -0.890. The number of hydrogen-bond acceptors (Lipinski definition) is 1. The third kappa shape index (κ3) is 1.34. The molecule has 0 N–H and O–H groups in total. The molecule has 0 bridgehead atoms. The highest BCUT2D eigenvalue weighted by Crippen LogP contribution is 2.43. The van der Waals surface area contributed by atoms with Crippen LogP contribution in [-0.2, 0) is 10.2 Å². The van der Waals surface area contributed by atoms with Crippen LogP contribution >= 0.6 is 11.6 Å². The van der Waals surface area contributed by atoms with Gasteiger partial charge in [0, 0.05) is 10.6 Å². The summed E-state index contributed by atoms with van der Waals surface area (Å²) in [6.45, 7) is 0. The Labute approximate surface area is 86.9 Å². The molecule has 1 aliphatic carbocycles. The molecule has 1 saturated carbocycles. The first-order chi connectivity index (χ1) is 6.68. The van der Waals surface area contributed by atoms with Gasteiger partial charge in [0.15, 0.2) is 0 Å². The predicted molar refractivity (Wildman–Crippen MR) is 53.0 cm³/mol. The zero-order valence-corrected chi connectivity index (χ0v) is 8.35. The fourth-order valence-electron chi connectivity index (χ4n) is 1.89. The van der Waals surface area contributed by atoms with Crippen molar-refractivity contribution >= 4 is 17.9 Å². The highest BCUT2D eigenvalue weighted by atomic mass is 35.5. The van der Waals surface area contributed by atoms with E-state index in [9.17, 15) is 9.18 Å². The van der Waals surface area contributed by atoms with Crippen LogP contribution in [0.15, 0.2) is 18.2 Å². The van der Waals surface area contributed by atoms with E-state index in [2.05, 4.69) is 0 Å². The van der Waals surface area contributed by atoms with Gasteiger partial charge in [0.1, 0.15) is 12.1 Å². The van der Waals surface area contributed by atoms with Crippen LogP contribution in [0.25, 0.3) is 0 Å². The van der Waals surface area contributed by atoms with Crippen molar-refractivity contribution in [3.05, 3.63) is 34.6 Å². The van der Waals surface area contributed by atoms with Crippen LogP contribution in [0.5, 0.6) is 0 Å². The van der Waals surface area contributed by atoms with E-state index in [0.717, 1.165) is 25.5 Å². The Morgan fingerprint density at radius 1 is 1.43 bits per heavy atom. The molecule has 2 rings (SSSR count). The summed E-state index contributed by atoms with van der Waals surface area (Å²) in [5, 5.41) is 0.481. The second-order valence-electron chi connectivity index (χ2n) is 3.75. The predicted octanol–water partition coefficient (Wildman–Crippen LogP) is 3.10. The van der Waals surface area contributed by atoms with Gasteiger partial charge in [-0.2, -0.15) is 0 Å². The molecule has 0 saturated heterocycles. The monoisotopic (exact) mass is 212 g/mol. The molecule has 0 aromatic heterocycles. The Balaban J connectivity index is 2.48. The van der Waals surface area contributed by atoms with E-state index >= 15 is 0 Å². The van der Waals surface area contributed by atoms with Crippen LogP contribution in [0.1, 0.15) is 24.8 Å². The van der Waals surface area contributed by atoms with Gasteiger partial charge in [0.2, 0.25) is 0 Å². The molecule has 1 aromatic rings. The van der Waals surface area contributed by atoms with Crippen molar-refractivity contribution in [1.82, 2.24) is 0 Å². The second kappa shape index (κ2) is 3.35. The third-order valence-corrected chi connectivity index (χ3v) is 3.17. The van der Waals surface area contributed by atoms with Crippen molar-refractivity contribution < 1.29 is 9.18 Å². The fraction of sp³-hybridized carbons (Fsp3) is 0.364. The lowest BCUT2D eigenvalue weighted by molar-refractivity contribution is -0.115. The first-order valence-corrected chi connectivity index (χ1v) is 4.98. The van der Waals surface area contributed by atoms with Gasteiger partial charge >= 0.3 is 0 Å². The van der Waals surface area contributed by atoms with E-state index in [0.29, 0.717) is 10.6 Å². The van der Waals surface area contributed by atoms with Gasteiger partial charge < -0.3 is 4.79 Å². The maximum Gasteiger partial charge on any atom is 0.130 e. The molecular weight excluding hydrogens is 203 g/mol. The molecule has 1 aromatic carbocycles. The maximum atomic E-state index is 13.5. The van der Waals surface area contributed by atoms with E-state index < -0.39 is 5.41 Å². The molecule has 0 aliphatic heterocycles. The van der Waals surface area contributed by atoms with Gasteiger partial charge in [-0.1, -0.05) is 18.0 Å². The van der Waals surface area contributed by atoms with Crippen LogP contribution in [0.2, 0.25) is 5.02 Å². The second-order valence-corrected chi connectivity index (χ2v) is 4.19. The van der Waals surface area contributed by atoms with Crippen LogP contribution in [0, 0.1) is 5.82 Å². The Morgan fingerprint density at radius 2 is 2.14 bits per heavy atom. The molecule has 3 heteroatoms. The summed E-state index contributed by atoms with van der Waals surface area (Å²) in [4.78, 5) is 11.0. The Morgan fingerprint density at radius 3 is 2.64 bits per heavy atom. The average molecular weight is 213 g/mol. The molecule has 14 heavy (non-hydrogen) atoms. The van der Waals surface area contributed by atoms with Gasteiger partial charge in [0.25, 0.3) is 0 Å². The van der Waals surface area contributed by atoms with E-state index in [1.54, 1.807) is 6.07 Å². The number of benzene rings is 1. The molecule has 0 unspecified atom stereocenters. The van der Waals surface area contributed by atoms with Crippen LogP contribution < -0.4 is 0 Å². The summed E-state index contributed by atoms with van der Waals surface area (Å²) in [5.41, 5.74) is -0.152. The molecule has 1 aliphatic rings. The van der Waals surface area contributed by atoms with Gasteiger partial charge in [-0.05, 0) is 31.0 Å². The van der Waals surface area contributed by atoms with Crippen molar-refractivity contribution in [2.24, 2.45) is 0 Å². The van der Waals surface area contributed by atoms with Crippen LogP contribution in [-0.4, -0.2) is 6.29 Å². The lowest BCUT2D eigenvalue weighted by Crippen LogP contribution is -2.36. The minimum Gasteiger partial charge on any atom is -0.302 e. The van der Waals surface area contributed by atoms with E-state index in [4.69, 9.17) is 11.6 Å². The summed E-state index contributed by atoms with van der Waals surface area (Å²) < 4.78 is 13.5. The Kier molecular flexibility index (Phi) is 2.31. The first kappa shape index (κ1) is 9.66. The zero-order chi connectivity index (χ0) is 10.2. The minimum atomic E-state index is -0.602. The van der Waals surface area contributed by atoms with Gasteiger partial charge in [-0.15, -0.1) is 0 Å². The van der Waals surface area contributed by atoms with Gasteiger partial charge in [-0.3, -0.25) is 0 Å². The third-order valence-electron chi connectivity index (χ3n) is 2.94. The highest BCUT2D eigenvalue weighted by molar-refractivity contribution is 6.30. The number of carbonyl (C=O) groups is 1. The molecule has 1 nitrogen and oxygen atoms in total. The van der Waals surface area contributed by atoms with Gasteiger partial charge in [-0.25, -0.2) is 4.39 Å². The summed E-state index contributed by atoms with van der Waals surface area (Å²) in [6, 6.07) is 4.38. The van der Waals surface area contributed by atoms with Crippen molar-refractivity contribution in [2.75, 3.05) is 0 Å². The molecular formula is C11H10ClFO. The molecule has 74 valence electrons. The van der Waals surface area contributed by atoms with Crippen LogP contribution in [0.3, 0.4) is 0 Å². The highest BCUT2D eigenvalue weighted by Gasteiger charge is 2.40. The van der Waals surface area contributed by atoms with Gasteiger partial charge in [0.05, 0.1) is 5.41 Å². The molecule has 0 amide bonds. The van der Waals surface area contributed by atoms with Crippen LogP contribution in [0.4, 0.5) is 4.39 Å². The fourth-order valence-corrected chi connectivity index (χ4v) is 2.06. The maximum absolute atomic E-state index is 13.5. The zero-order valence-electron chi connectivity index (χ0n) is 7.59. The number of aldehydes is 1. The summed E-state index contributed by atoms with van der Waals surface area (Å²) >= 11 is 5.78. The summed E-state index contributed by atoms with van der Waals surface area (Å²) in [6.07, 6.45) is 3.29. The van der Waals surface area contributed by atoms with Crippen molar-refractivity contribution in [1.29, 1.82) is 0 Å². The SMILES string of the molecule is O=CC1(c2cc(Cl)ccc2F)CCC1. The topological polar surface area (TPSA) is 17.1 Å². The molecule has 0 atom stereocenters. The minimum absolute atomic E-state index is 0.332. The van der Waals surface area contributed by atoms with E-state index in [1.807, 2.05) is 0 Å². The standard InChI is InChI=1S/C11H10ClFO/c12-8-2-3-10(13)9(6-8)11(7-14)4-1-5-11/h2-3,6-7H,1,4-5H2. The lowest BCUT2D eigenvalue weighted by atomic mass is 9.65. The number of hydrogen-bond donors (Lipinski definition) is 0. The lowest BCUT2D eigenvalue weighted by Gasteiger charge is -2.37. The molecule has 1 fully saturated rings. The largest absolute Gasteiger partial charge is 0.302 e. The summed E-state index contributed by atoms with van der Waals surface area (Å²) in [7, 11) is 0. The first-order valence-electron chi connectivity index (χ1n) is 4.60. The van der Waals surface area contributed by atoms with E-state index in [-0.39, 0.29) is 5.82 Å². The Bertz CT molecular complexity index is 372. The number of rotatable bonds is 2. The smallest absolute Gasteiger partial charge is 0.130 e. The molecule has 0 radical (unpaired) electrons. The molecule has 0 heterocycles. The van der Waals surface area contributed by atoms with E-state index in [1.165, 1.54) is 12.1 Å². The number of halogens is 2. The van der Waals surface area contributed by atoms with Crippen molar-refractivity contribution in [3.63, 3.8) is 0 Å². The summed E-state index contributed by atoms with van der Waals surface area (Å²) in [5.74, 6) is -0.332. The number of carbonyl (C=O) groups excluding carboxylic acids is 1. The quantitative estimate of drug-likeness (QED) is 0.689. The van der Waals surface area contributed by atoms with Crippen molar-refractivity contribution in [3.8, 4) is 0 Å². The normalized spacial score (nSPS) is 18.7. The van der Waals surface area contributed by atoms with Crippen molar-refractivity contribution in [2.45, 2.75) is 24.7 Å².